The summed E-state index contributed by atoms with van der Waals surface area (Å²) in [6, 6.07) is 0. The average Bonchev–Trinajstić information content (AvgIpc) is 2.31. The van der Waals surface area contributed by atoms with Crippen molar-refractivity contribution in [1.82, 2.24) is 0 Å². The summed E-state index contributed by atoms with van der Waals surface area (Å²) in [7, 11) is -1.75. The van der Waals surface area contributed by atoms with Gasteiger partial charge in [0.15, 0.2) is 5.91 Å². The number of alkyl halides is 1. The summed E-state index contributed by atoms with van der Waals surface area (Å²) in [5.74, 6) is 0.316. The highest BCUT2D eigenvalue weighted by Gasteiger charge is 2.45. The predicted molar refractivity (Wildman–Crippen MR) is 41.3 cm³/mol. The molecule has 0 aromatic carbocycles. The minimum Gasteiger partial charge on any atom is -0.330 e. The van der Waals surface area contributed by atoms with Crippen LogP contribution in [0.2, 0.25) is 0 Å². The summed E-state index contributed by atoms with van der Waals surface area (Å²) >= 11 is 0. The van der Waals surface area contributed by atoms with Gasteiger partial charge in [-0.2, -0.15) is 0 Å². The molecule has 0 N–H and O–H groups in total. The monoisotopic (exact) mass is 176 g/mol. The van der Waals surface area contributed by atoms with Crippen LogP contribution in [0.15, 0.2) is 0 Å². The second-order valence-corrected chi connectivity index (χ2v) is 5.32. The molecule has 62 valence electrons. The fourth-order valence-corrected chi connectivity index (χ4v) is 3.26. The third-order valence-corrected chi connectivity index (χ3v) is 4.59. The third kappa shape index (κ3) is 1.34. The largest absolute Gasteiger partial charge is 0.330 e. The van der Waals surface area contributed by atoms with Crippen molar-refractivity contribution in [2.45, 2.75) is 12.3 Å². The lowest BCUT2D eigenvalue weighted by atomic mass is 10.1. The molecule has 1 heterocycles. The summed E-state index contributed by atoms with van der Waals surface area (Å²) in [4.78, 5) is 0. The van der Waals surface area contributed by atoms with Crippen molar-refractivity contribution in [3.05, 3.63) is 0 Å². The fourth-order valence-electron chi connectivity index (χ4n) is 1.21. The molecule has 0 bridgehead atoms. The molecule has 0 amide bonds. The summed E-state index contributed by atoms with van der Waals surface area (Å²) in [6.07, 6.45) is 5.79. The van der Waals surface area contributed by atoms with Crippen LogP contribution in [-0.2, 0) is 9.09 Å². The third-order valence-electron chi connectivity index (χ3n) is 1.98. The number of hydrogen-bond acceptors (Lipinski definition) is 2. The van der Waals surface area contributed by atoms with Gasteiger partial charge in [-0.1, -0.05) is 5.92 Å². The molecule has 0 aromatic rings. The smallest absolute Gasteiger partial charge is 0.237 e. The highest BCUT2D eigenvalue weighted by atomic mass is 31.2. The van der Waals surface area contributed by atoms with Gasteiger partial charge in [0.25, 0.3) is 0 Å². The van der Waals surface area contributed by atoms with E-state index in [4.69, 9.17) is 6.42 Å². The van der Waals surface area contributed by atoms with E-state index < -0.39 is 19.2 Å². The van der Waals surface area contributed by atoms with E-state index in [1.807, 2.05) is 0 Å². The molecule has 1 fully saturated rings. The molecule has 4 heteroatoms. The first-order valence-corrected chi connectivity index (χ1v) is 5.26. The highest BCUT2D eigenvalue weighted by molar-refractivity contribution is 7.59. The van der Waals surface area contributed by atoms with E-state index in [1.165, 1.54) is 7.11 Å². The SMILES string of the molecule is C#CC1CCP(=O)(OC)C1F. The lowest BCUT2D eigenvalue weighted by molar-refractivity contribution is 0.319. The van der Waals surface area contributed by atoms with Crippen LogP contribution in [-0.4, -0.2) is 19.2 Å². The molecular weight excluding hydrogens is 166 g/mol. The molecule has 1 saturated heterocycles. The fraction of sp³-hybridized carbons (Fsp3) is 0.714. The molecule has 0 aliphatic carbocycles. The Bertz CT molecular complexity index is 233. The lowest BCUT2D eigenvalue weighted by Crippen LogP contribution is -2.06. The Morgan fingerprint density at radius 3 is 2.73 bits per heavy atom. The van der Waals surface area contributed by atoms with Crippen molar-refractivity contribution in [3.8, 4) is 12.3 Å². The van der Waals surface area contributed by atoms with E-state index in [2.05, 4.69) is 10.4 Å². The van der Waals surface area contributed by atoms with Crippen LogP contribution in [0.25, 0.3) is 0 Å². The van der Waals surface area contributed by atoms with E-state index in [9.17, 15) is 8.96 Å². The predicted octanol–water partition coefficient (Wildman–Crippen LogP) is 1.86. The Balaban J connectivity index is 2.80. The van der Waals surface area contributed by atoms with Crippen LogP contribution in [0.3, 0.4) is 0 Å². The molecular formula is C7H10FO2P. The zero-order valence-corrected chi connectivity index (χ0v) is 7.18. The van der Waals surface area contributed by atoms with Crippen LogP contribution < -0.4 is 0 Å². The Hall–Kier alpha value is -0.320. The molecule has 11 heavy (non-hydrogen) atoms. The molecule has 0 saturated carbocycles. The van der Waals surface area contributed by atoms with Crippen LogP contribution in [0.4, 0.5) is 4.39 Å². The van der Waals surface area contributed by atoms with Gasteiger partial charge in [0.2, 0.25) is 7.37 Å². The van der Waals surface area contributed by atoms with Gasteiger partial charge in [-0.25, -0.2) is 4.39 Å². The second-order valence-electron chi connectivity index (χ2n) is 2.57. The van der Waals surface area contributed by atoms with E-state index in [0.29, 0.717) is 6.42 Å². The topological polar surface area (TPSA) is 26.3 Å². The van der Waals surface area contributed by atoms with E-state index in [0.717, 1.165) is 0 Å². The molecule has 0 radical (unpaired) electrons. The number of rotatable bonds is 1. The lowest BCUT2D eigenvalue weighted by Gasteiger charge is -2.12. The van der Waals surface area contributed by atoms with Crippen LogP contribution >= 0.6 is 7.37 Å². The van der Waals surface area contributed by atoms with Gasteiger partial charge in [-0.3, -0.25) is 4.57 Å². The number of halogens is 1. The van der Waals surface area contributed by atoms with Crippen LogP contribution in [0.1, 0.15) is 6.42 Å². The van der Waals surface area contributed by atoms with Gasteiger partial charge in [0.1, 0.15) is 0 Å². The first-order chi connectivity index (χ1) is 5.14. The van der Waals surface area contributed by atoms with Gasteiger partial charge in [-0.05, 0) is 6.42 Å². The maximum Gasteiger partial charge on any atom is 0.237 e. The summed E-state index contributed by atoms with van der Waals surface area (Å²) in [5.41, 5.74) is 0. The number of hydrogen-bond donors (Lipinski definition) is 0. The Morgan fingerprint density at radius 2 is 2.45 bits per heavy atom. The van der Waals surface area contributed by atoms with Crippen molar-refractivity contribution in [2.24, 2.45) is 5.92 Å². The molecule has 3 atom stereocenters. The van der Waals surface area contributed by atoms with Crippen molar-refractivity contribution in [3.63, 3.8) is 0 Å². The first kappa shape index (κ1) is 8.77. The zero-order valence-electron chi connectivity index (χ0n) is 6.29. The standard InChI is InChI=1S/C7H10FO2P/c1-3-6-4-5-11(9,10-2)7(6)8/h1,6-7H,4-5H2,2H3. The first-order valence-electron chi connectivity index (χ1n) is 3.38. The minimum atomic E-state index is -3.02. The molecule has 3 unspecified atom stereocenters. The summed E-state index contributed by atoms with van der Waals surface area (Å²) < 4.78 is 29.1. The quantitative estimate of drug-likeness (QED) is 0.450. The Morgan fingerprint density at radius 1 is 1.82 bits per heavy atom. The summed E-state index contributed by atoms with van der Waals surface area (Å²) in [5, 5.41) is 0. The number of terminal acetylenes is 1. The Labute approximate surface area is 65.6 Å². The van der Waals surface area contributed by atoms with Crippen LogP contribution in [0.5, 0.6) is 0 Å². The van der Waals surface area contributed by atoms with Gasteiger partial charge in [0.05, 0.1) is 5.92 Å². The van der Waals surface area contributed by atoms with Crippen molar-refractivity contribution in [1.29, 1.82) is 0 Å². The van der Waals surface area contributed by atoms with E-state index >= 15 is 0 Å². The zero-order chi connectivity index (χ0) is 8.48. The van der Waals surface area contributed by atoms with Gasteiger partial charge >= 0.3 is 0 Å². The van der Waals surface area contributed by atoms with Gasteiger partial charge in [-0.15, -0.1) is 6.42 Å². The minimum absolute atomic E-state index is 0.277. The van der Waals surface area contributed by atoms with Crippen molar-refractivity contribution >= 4 is 7.37 Å². The van der Waals surface area contributed by atoms with E-state index in [-0.39, 0.29) is 6.16 Å². The van der Waals surface area contributed by atoms with Crippen molar-refractivity contribution < 1.29 is 13.5 Å². The molecule has 0 spiro atoms. The van der Waals surface area contributed by atoms with Gasteiger partial charge in [0, 0.05) is 13.3 Å². The van der Waals surface area contributed by atoms with E-state index in [1.54, 1.807) is 0 Å². The molecule has 1 aliphatic heterocycles. The molecule has 1 rings (SSSR count). The molecule has 0 aromatic heterocycles. The second kappa shape index (κ2) is 2.97. The summed E-state index contributed by atoms with van der Waals surface area (Å²) in [6.45, 7) is 0. The maximum absolute atomic E-state index is 13.1. The maximum atomic E-state index is 13.1. The van der Waals surface area contributed by atoms with Crippen LogP contribution in [0, 0.1) is 18.3 Å². The normalized spacial score (nSPS) is 43.7. The highest BCUT2D eigenvalue weighted by Crippen LogP contribution is 2.60. The Kier molecular flexibility index (Phi) is 2.37. The van der Waals surface area contributed by atoms with Gasteiger partial charge < -0.3 is 4.52 Å². The molecule has 2 nitrogen and oxygen atoms in total. The molecule has 1 aliphatic rings. The average molecular weight is 176 g/mol. The van der Waals surface area contributed by atoms with Crippen molar-refractivity contribution in [2.75, 3.05) is 13.3 Å².